The third-order valence-electron chi connectivity index (χ3n) is 5.28. The molecule has 4 bridgehead atoms. The Bertz CT molecular complexity index is 728. The van der Waals surface area contributed by atoms with Gasteiger partial charge in [-0.3, -0.25) is 8.98 Å². The summed E-state index contributed by atoms with van der Waals surface area (Å²) in [5.74, 6) is -1.29. The Labute approximate surface area is 140 Å². The van der Waals surface area contributed by atoms with E-state index in [0.29, 0.717) is 19.1 Å². The monoisotopic (exact) mass is 390 g/mol. The first-order valence-electron chi connectivity index (χ1n) is 7.51. The fourth-order valence-corrected chi connectivity index (χ4v) is 4.87. The Morgan fingerprint density at radius 1 is 1.28 bits per heavy atom. The van der Waals surface area contributed by atoms with Gasteiger partial charge in [-0.15, -0.1) is 0 Å². The van der Waals surface area contributed by atoms with Crippen LogP contribution in [0.4, 0.5) is 22.0 Å². The number of alkyl halides is 5. The lowest BCUT2D eigenvalue weighted by Gasteiger charge is -2.58. The van der Waals surface area contributed by atoms with E-state index in [-0.39, 0.29) is 24.7 Å². The van der Waals surface area contributed by atoms with Gasteiger partial charge in [-0.05, 0) is 37.5 Å². The van der Waals surface area contributed by atoms with Gasteiger partial charge in [0.05, 0.1) is 12.5 Å². The zero-order valence-corrected chi connectivity index (χ0v) is 13.8. The first-order chi connectivity index (χ1) is 11.3. The molecular formula is C14H15F5O5S. The lowest BCUT2D eigenvalue weighted by atomic mass is 9.45. The van der Waals surface area contributed by atoms with Gasteiger partial charge in [0.25, 0.3) is 6.10 Å². The fraction of sp³-hybridized carbons (Fsp3) is 0.786. The Hall–Kier alpha value is -1.23. The second-order valence-corrected chi connectivity index (χ2v) is 8.48. The van der Waals surface area contributed by atoms with Crippen molar-refractivity contribution >= 4 is 16.1 Å². The van der Waals surface area contributed by atoms with Crippen molar-refractivity contribution in [2.24, 2.45) is 17.3 Å². The number of halogens is 5. The van der Waals surface area contributed by atoms with E-state index in [2.05, 4.69) is 8.92 Å². The molecule has 0 heterocycles. The summed E-state index contributed by atoms with van der Waals surface area (Å²) in [4.78, 5) is 12.3. The summed E-state index contributed by atoms with van der Waals surface area (Å²) in [6, 6.07) is 0. The van der Waals surface area contributed by atoms with E-state index in [1.165, 1.54) is 0 Å². The smallest absolute Gasteiger partial charge is 0.432 e. The maximum absolute atomic E-state index is 13.9. The van der Waals surface area contributed by atoms with E-state index in [4.69, 9.17) is 0 Å². The van der Waals surface area contributed by atoms with Gasteiger partial charge in [0.15, 0.2) is 0 Å². The zero-order valence-electron chi connectivity index (χ0n) is 13.0. The topological polar surface area (TPSA) is 69.7 Å². The molecule has 25 heavy (non-hydrogen) atoms. The molecule has 5 nitrogen and oxygen atoms in total. The molecule has 0 aromatic rings. The van der Waals surface area contributed by atoms with Crippen LogP contribution in [0.5, 0.6) is 0 Å². The summed E-state index contributed by atoms with van der Waals surface area (Å²) in [6.07, 6.45) is -6.18. The Kier molecular flexibility index (Phi) is 4.00. The molecule has 4 atom stereocenters. The highest BCUT2D eigenvalue weighted by molar-refractivity contribution is 7.87. The maximum atomic E-state index is 13.9. The van der Waals surface area contributed by atoms with Crippen LogP contribution >= 0.6 is 0 Å². The summed E-state index contributed by atoms with van der Waals surface area (Å²) in [5.41, 5.74) is -0.707. The lowest BCUT2D eigenvalue weighted by Crippen LogP contribution is -2.59. The van der Waals surface area contributed by atoms with Crippen LogP contribution in [0.3, 0.4) is 0 Å². The molecule has 0 spiro atoms. The zero-order chi connectivity index (χ0) is 18.8. The van der Waals surface area contributed by atoms with Crippen molar-refractivity contribution in [3.63, 3.8) is 0 Å². The normalized spacial score (nSPS) is 32.6. The van der Waals surface area contributed by atoms with Crippen LogP contribution in [0, 0.1) is 17.3 Å². The molecule has 0 aliphatic heterocycles. The van der Waals surface area contributed by atoms with Gasteiger partial charge in [-0.1, -0.05) is 11.6 Å². The molecule has 2 saturated carbocycles. The number of hydrogen-bond donors (Lipinski definition) is 0. The van der Waals surface area contributed by atoms with E-state index < -0.39 is 39.0 Å². The molecule has 0 amide bonds. The van der Waals surface area contributed by atoms with Crippen LogP contribution in [-0.2, 0) is 23.8 Å². The Balaban J connectivity index is 1.89. The number of ether oxygens (including phenoxy) is 1. The SMILES string of the molecule is COS(=O)(=O)C(F)(F)C(OC(=O)C12CC3CC=C1C(C3)C2)C(F)(F)F. The molecule has 4 aliphatic carbocycles. The Morgan fingerprint density at radius 3 is 2.36 bits per heavy atom. The van der Waals surface area contributed by atoms with Crippen molar-refractivity contribution in [1.82, 2.24) is 0 Å². The third kappa shape index (κ3) is 2.57. The summed E-state index contributed by atoms with van der Waals surface area (Å²) >= 11 is 0. The molecule has 4 unspecified atom stereocenters. The highest BCUT2D eigenvalue weighted by atomic mass is 32.2. The molecule has 4 aliphatic rings. The van der Waals surface area contributed by atoms with E-state index in [0.717, 1.165) is 6.42 Å². The Morgan fingerprint density at radius 2 is 1.92 bits per heavy atom. The second-order valence-electron chi connectivity index (χ2n) is 6.69. The number of rotatable bonds is 5. The van der Waals surface area contributed by atoms with Crippen molar-refractivity contribution in [1.29, 1.82) is 0 Å². The molecule has 11 heteroatoms. The van der Waals surface area contributed by atoms with Gasteiger partial charge in [0, 0.05) is 0 Å². The van der Waals surface area contributed by atoms with Crippen LogP contribution in [0.2, 0.25) is 0 Å². The number of carbonyl (C=O) groups excluding carboxylic acids is 1. The largest absolute Gasteiger partial charge is 0.444 e. The molecule has 4 rings (SSSR count). The van der Waals surface area contributed by atoms with Crippen LogP contribution in [0.1, 0.15) is 25.7 Å². The minimum absolute atomic E-state index is 0.0626. The van der Waals surface area contributed by atoms with Gasteiger partial charge in [0.2, 0.25) is 0 Å². The average molecular weight is 390 g/mol. The number of hydrogen-bond acceptors (Lipinski definition) is 5. The van der Waals surface area contributed by atoms with Crippen LogP contribution in [0.15, 0.2) is 11.6 Å². The first kappa shape index (κ1) is 18.6. The van der Waals surface area contributed by atoms with Crippen molar-refractivity contribution in [3.05, 3.63) is 11.6 Å². The minimum atomic E-state index is -5.92. The molecule has 0 aromatic heterocycles. The second kappa shape index (κ2) is 5.38. The van der Waals surface area contributed by atoms with Gasteiger partial charge >= 0.3 is 27.5 Å². The van der Waals surface area contributed by atoms with Crippen molar-refractivity contribution in [2.75, 3.05) is 7.11 Å². The van der Waals surface area contributed by atoms with Gasteiger partial charge in [0.1, 0.15) is 0 Å². The molecule has 0 radical (unpaired) electrons. The number of carbonyl (C=O) groups is 1. The third-order valence-corrected chi connectivity index (χ3v) is 6.60. The van der Waals surface area contributed by atoms with Crippen molar-refractivity contribution in [3.8, 4) is 0 Å². The lowest BCUT2D eigenvalue weighted by molar-refractivity contribution is -0.265. The first-order valence-corrected chi connectivity index (χ1v) is 8.92. The van der Waals surface area contributed by atoms with E-state index in [1.54, 1.807) is 6.08 Å². The fourth-order valence-electron chi connectivity index (χ4n) is 4.21. The van der Waals surface area contributed by atoms with Crippen molar-refractivity contribution in [2.45, 2.75) is 43.2 Å². The predicted octanol–water partition coefficient (Wildman–Crippen LogP) is 2.78. The highest BCUT2D eigenvalue weighted by Gasteiger charge is 2.69. The predicted molar refractivity (Wildman–Crippen MR) is 72.8 cm³/mol. The summed E-state index contributed by atoms with van der Waals surface area (Å²) in [5, 5.41) is -5.46. The van der Waals surface area contributed by atoms with Crippen LogP contribution < -0.4 is 0 Å². The molecule has 2 fully saturated rings. The van der Waals surface area contributed by atoms with Gasteiger partial charge < -0.3 is 4.74 Å². The summed E-state index contributed by atoms with van der Waals surface area (Å²) in [7, 11) is -5.61. The quantitative estimate of drug-likeness (QED) is 0.313. The maximum Gasteiger partial charge on any atom is 0.432 e. The van der Waals surface area contributed by atoms with Crippen LogP contribution in [0.25, 0.3) is 0 Å². The molecule has 142 valence electrons. The van der Waals surface area contributed by atoms with Gasteiger partial charge in [-0.2, -0.15) is 30.4 Å². The van der Waals surface area contributed by atoms with Crippen LogP contribution in [-0.4, -0.2) is 39.0 Å². The average Bonchev–Trinajstić information content (AvgIpc) is 2.50. The number of esters is 1. The van der Waals surface area contributed by atoms with E-state index >= 15 is 0 Å². The molecule has 0 aromatic carbocycles. The standard InChI is InChI=1S/C14H15F5O5S/c1-23-25(21,22)14(18,19)10(13(15,16)17)24-11(20)12-5-7-2-3-9(12)8(4-7)6-12/h3,7-8,10H,2,4-6H2,1H3. The minimum Gasteiger partial charge on any atom is -0.444 e. The molecule has 0 saturated heterocycles. The number of fused-ring (bicyclic) bond motifs is 1. The highest BCUT2D eigenvalue weighted by Crippen LogP contribution is 2.65. The van der Waals surface area contributed by atoms with E-state index in [9.17, 15) is 35.2 Å². The van der Waals surface area contributed by atoms with E-state index in [1.807, 2.05) is 0 Å². The summed E-state index contributed by atoms with van der Waals surface area (Å²) < 4.78 is 96.9. The number of allylic oxidation sites excluding steroid dienone is 1. The molecular weight excluding hydrogens is 375 g/mol. The molecule has 0 N–H and O–H groups in total. The van der Waals surface area contributed by atoms with Crippen molar-refractivity contribution < 1.29 is 44.1 Å². The summed E-state index contributed by atoms with van der Waals surface area (Å²) in [6.45, 7) is 0. The van der Waals surface area contributed by atoms with Gasteiger partial charge in [-0.25, -0.2) is 0 Å².